The molecule has 0 unspecified atom stereocenters. The minimum atomic E-state index is -0.677. The molecule has 5 nitrogen and oxygen atoms in total. The average Bonchev–Trinajstić information content (AvgIpc) is 2.26. The molecule has 0 saturated heterocycles. The summed E-state index contributed by atoms with van der Waals surface area (Å²) >= 11 is 0. The summed E-state index contributed by atoms with van der Waals surface area (Å²) in [6.07, 6.45) is 2.15. The molecule has 0 bridgehead atoms. The summed E-state index contributed by atoms with van der Waals surface area (Å²) < 4.78 is 4.74. The zero-order valence-electron chi connectivity index (χ0n) is 12.3. The number of carbonyl (C=O) groups is 2. The van der Waals surface area contributed by atoms with Gasteiger partial charge in [-0.1, -0.05) is 34.3 Å². The van der Waals surface area contributed by atoms with E-state index in [1.165, 1.54) is 0 Å². The van der Waals surface area contributed by atoms with E-state index < -0.39 is 18.1 Å². The van der Waals surface area contributed by atoms with Gasteiger partial charge in [-0.15, -0.1) is 0 Å². The lowest BCUT2D eigenvalue weighted by Crippen LogP contribution is -2.49. The fourth-order valence-corrected chi connectivity index (χ4v) is 1.74. The van der Waals surface area contributed by atoms with Gasteiger partial charge in [-0.05, 0) is 24.7 Å². The molecule has 0 aliphatic rings. The van der Waals surface area contributed by atoms with Gasteiger partial charge in [0, 0.05) is 0 Å². The maximum absolute atomic E-state index is 11.9. The van der Waals surface area contributed by atoms with Crippen LogP contribution in [0.2, 0.25) is 0 Å². The summed E-state index contributed by atoms with van der Waals surface area (Å²) in [6, 6.07) is -1.28. The standard InChI is InChI=1S/C14H26N2O3/c1-6-19-14(18)12(8-10(4)5)16-13(17)11(15)7-9(2)3/h6,9-12H,1,7-8,15H2,2-5H3,(H,16,17)/t11-,12-/m0/s1. The van der Waals surface area contributed by atoms with E-state index in [9.17, 15) is 9.59 Å². The van der Waals surface area contributed by atoms with Crippen molar-refractivity contribution in [2.45, 2.75) is 52.6 Å². The molecule has 110 valence electrons. The Balaban J connectivity index is 4.57. The van der Waals surface area contributed by atoms with Crippen LogP contribution in [-0.2, 0) is 14.3 Å². The smallest absolute Gasteiger partial charge is 0.333 e. The summed E-state index contributed by atoms with van der Waals surface area (Å²) in [5.74, 6) is -0.248. The molecule has 0 rings (SSSR count). The lowest BCUT2D eigenvalue weighted by atomic mass is 10.0. The van der Waals surface area contributed by atoms with E-state index in [1.807, 2.05) is 27.7 Å². The van der Waals surface area contributed by atoms with Gasteiger partial charge in [-0.3, -0.25) is 4.79 Å². The number of hydrogen-bond acceptors (Lipinski definition) is 4. The van der Waals surface area contributed by atoms with E-state index in [0.29, 0.717) is 18.8 Å². The van der Waals surface area contributed by atoms with Gasteiger partial charge in [0.1, 0.15) is 6.04 Å². The summed E-state index contributed by atoms with van der Waals surface area (Å²) in [7, 11) is 0. The van der Waals surface area contributed by atoms with Crippen LogP contribution in [0.5, 0.6) is 0 Å². The van der Waals surface area contributed by atoms with E-state index in [4.69, 9.17) is 10.5 Å². The molecule has 1 amide bonds. The zero-order chi connectivity index (χ0) is 15.0. The van der Waals surface area contributed by atoms with Crippen molar-refractivity contribution in [3.8, 4) is 0 Å². The number of nitrogens with one attached hydrogen (secondary N) is 1. The Morgan fingerprint density at radius 1 is 1.21 bits per heavy atom. The second-order valence-electron chi connectivity index (χ2n) is 5.53. The van der Waals surface area contributed by atoms with Crippen molar-refractivity contribution < 1.29 is 14.3 Å². The molecule has 3 N–H and O–H groups in total. The Bertz CT molecular complexity index is 314. The molecule has 0 heterocycles. The molecule has 5 heteroatoms. The highest BCUT2D eigenvalue weighted by Gasteiger charge is 2.25. The molecule has 19 heavy (non-hydrogen) atoms. The summed E-state index contributed by atoms with van der Waals surface area (Å²) in [5, 5.41) is 2.65. The van der Waals surface area contributed by atoms with Gasteiger partial charge in [0.05, 0.1) is 12.3 Å². The first-order chi connectivity index (χ1) is 8.77. The average molecular weight is 270 g/mol. The lowest BCUT2D eigenvalue weighted by Gasteiger charge is -2.21. The monoisotopic (exact) mass is 270 g/mol. The van der Waals surface area contributed by atoms with Gasteiger partial charge in [-0.2, -0.15) is 0 Å². The number of carbonyl (C=O) groups excluding carboxylic acids is 2. The summed E-state index contributed by atoms with van der Waals surface area (Å²) in [5.41, 5.74) is 5.79. The highest BCUT2D eigenvalue weighted by atomic mass is 16.5. The Hall–Kier alpha value is -1.36. The fraction of sp³-hybridized carbons (Fsp3) is 0.714. The topological polar surface area (TPSA) is 81.4 Å². The van der Waals surface area contributed by atoms with E-state index in [0.717, 1.165) is 6.26 Å². The molecule has 2 atom stereocenters. The molecule has 0 radical (unpaired) electrons. The molecule has 0 saturated carbocycles. The van der Waals surface area contributed by atoms with Crippen molar-refractivity contribution in [1.82, 2.24) is 5.32 Å². The van der Waals surface area contributed by atoms with Crippen molar-refractivity contribution in [3.05, 3.63) is 12.8 Å². The number of nitrogens with two attached hydrogens (primary N) is 1. The normalized spacial score (nSPS) is 14.1. The molecule has 0 spiro atoms. The van der Waals surface area contributed by atoms with Crippen molar-refractivity contribution in [3.63, 3.8) is 0 Å². The van der Waals surface area contributed by atoms with Crippen LogP contribution in [0.15, 0.2) is 12.8 Å². The van der Waals surface area contributed by atoms with E-state index >= 15 is 0 Å². The first kappa shape index (κ1) is 17.6. The largest absolute Gasteiger partial charge is 0.434 e. The second-order valence-corrected chi connectivity index (χ2v) is 5.53. The molecule has 0 aromatic heterocycles. The summed E-state index contributed by atoms with van der Waals surface area (Å²) in [4.78, 5) is 23.6. The Morgan fingerprint density at radius 3 is 2.16 bits per heavy atom. The maximum atomic E-state index is 11.9. The highest BCUT2D eigenvalue weighted by Crippen LogP contribution is 2.08. The lowest BCUT2D eigenvalue weighted by molar-refractivity contribution is -0.143. The van der Waals surface area contributed by atoms with Crippen LogP contribution < -0.4 is 11.1 Å². The molecule has 0 aliphatic heterocycles. The first-order valence-corrected chi connectivity index (χ1v) is 6.65. The number of amides is 1. The van der Waals surface area contributed by atoms with Crippen molar-refractivity contribution >= 4 is 11.9 Å². The minimum absolute atomic E-state index is 0.254. The number of rotatable bonds is 8. The van der Waals surface area contributed by atoms with Crippen molar-refractivity contribution in [2.24, 2.45) is 17.6 Å². The quantitative estimate of drug-likeness (QED) is 0.518. The molecule has 0 aliphatic carbocycles. The van der Waals surface area contributed by atoms with E-state index in [2.05, 4.69) is 11.9 Å². The number of hydrogen-bond donors (Lipinski definition) is 2. The third-order valence-electron chi connectivity index (χ3n) is 2.57. The van der Waals surface area contributed by atoms with Gasteiger partial charge in [0.15, 0.2) is 0 Å². The van der Waals surface area contributed by atoms with Gasteiger partial charge in [-0.25, -0.2) is 4.79 Å². The molecule has 0 aromatic carbocycles. The number of esters is 1. The predicted octanol–water partition coefficient (Wildman–Crippen LogP) is 1.58. The predicted molar refractivity (Wildman–Crippen MR) is 75.1 cm³/mol. The van der Waals surface area contributed by atoms with Crippen LogP contribution in [0.4, 0.5) is 0 Å². The van der Waals surface area contributed by atoms with Crippen LogP contribution in [0, 0.1) is 11.8 Å². The van der Waals surface area contributed by atoms with Gasteiger partial charge >= 0.3 is 5.97 Å². The van der Waals surface area contributed by atoms with Gasteiger partial charge in [0.2, 0.25) is 5.91 Å². The van der Waals surface area contributed by atoms with Crippen LogP contribution in [0.3, 0.4) is 0 Å². The van der Waals surface area contributed by atoms with Gasteiger partial charge in [0.25, 0.3) is 0 Å². The van der Waals surface area contributed by atoms with Crippen LogP contribution in [-0.4, -0.2) is 24.0 Å². The zero-order valence-corrected chi connectivity index (χ0v) is 12.3. The maximum Gasteiger partial charge on any atom is 0.333 e. The molecule has 0 aromatic rings. The Kier molecular flexibility index (Phi) is 8.07. The van der Waals surface area contributed by atoms with E-state index in [-0.39, 0.29) is 11.8 Å². The second kappa shape index (κ2) is 8.69. The van der Waals surface area contributed by atoms with Crippen LogP contribution >= 0.6 is 0 Å². The SMILES string of the molecule is C=COC(=O)[C@H](CC(C)C)NC(=O)[C@@H](N)CC(C)C. The van der Waals surface area contributed by atoms with Gasteiger partial charge < -0.3 is 15.8 Å². The number of ether oxygens (including phenoxy) is 1. The Morgan fingerprint density at radius 2 is 1.74 bits per heavy atom. The third kappa shape index (κ3) is 7.62. The van der Waals surface area contributed by atoms with E-state index in [1.54, 1.807) is 0 Å². The third-order valence-corrected chi connectivity index (χ3v) is 2.57. The summed E-state index contributed by atoms with van der Waals surface area (Å²) in [6.45, 7) is 11.3. The first-order valence-electron chi connectivity index (χ1n) is 6.65. The van der Waals surface area contributed by atoms with Crippen molar-refractivity contribution in [1.29, 1.82) is 0 Å². The fourth-order valence-electron chi connectivity index (χ4n) is 1.74. The van der Waals surface area contributed by atoms with Crippen molar-refractivity contribution in [2.75, 3.05) is 0 Å². The molecular weight excluding hydrogens is 244 g/mol. The minimum Gasteiger partial charge on any atom is -0.434 e. The molecular formula is C14H26N2O3. The van der Waals surface area contributed by atoms with Crippen LogP contribution in [0.25, 0.3) is 0 Å². The Labute approximate surface area is 115 Å². The molecule has 0 fully saturated rings. The highest BCUT2D eigenvalue weighted by molar-refractivity contribution is 5.87. The van der Waals surface area contributed by atoms with Crippen LogP contribution in [0.1, 0.15) is 40.5 Å².